The van der Waals surface area contributed by atoms with Crippen molar-refractivity contribution < 1.29 is 23.8 Å². The molecule has 8 heteroatoms. The van der Waals surface area contributed by atoms with Gasteiger partial charge in [-0.15, -0.1) is 0 Å². The molecule has 0 saturated heterocycles. The smallest absolute Gasteiger partial charge is 0.255 e. The van der Waals surface area contributed by atoms with Crippen LogP contribution >= 0.6 is 11.6 Å². The van der Waals surface area contributed by atoms with Crippen molar-refractivity contribution in [2.24, 2.45) is 0 Å². The molecule has 2 N–H and O–H groups in total. The highest BCUT2D eigenvalue weighted by molar-refractivity contribution is 6.34. The fourth-order valence-electron chi connectivity index (χ4n) is 2.89. The van der Waals surface area contributed by atoms with Gasteiger partial charge in [-0.25, -0.2) is 0 Å². The summed E-state index contributed by atoms with van der Waals surface area (Å²) in [5.41, 5.74) is 1.72. The second-order valence-corrected chi connectivity index (χ2v) is 6.79. The lowest BCUT2D eigenvalue weighted by Gasteiger charge is -2.14. The molecule has 0 atom stereocenters. The zero-order chi connectivity index (χ0) is 22.4. The number of benzene rings is 3. The van der Waals surface area contributed by atoms with Crippen LogP contribution in [0.1, 0.15) is 20.7 Å². The summed E-state index contributed by atoms with van der Waals surface area (Å²) in [6.45, 7) is 0. The number of ether oxygens (including phenoxy) is 3. The third kappa shape index (κ3) is 5.07. The van der Waals surface area contributed by atoms with Crippen molar-refractivity contribution in [1.82, 2.24) is 0 Å². The van der Waals surface area contributed by atoms with Crippen molar-refractivity contribution in [1.29, 1.82) is 0 Å². The zero-order valence-corrected chi connectivity index (χ0v) is 17.9. The number of hydrogen-bond acceptors (Lipinski definition) is 5. The fraction of sp³-hybridized carbons (Fsp3) is 0.130. The average molecular weight is 441 g/mol. The third-order valence-corrected chi connectivity index (χ3v) is 4.75. The summed E-state index contributed by atoms with van der Waals surface area (Å²) in [4.78, 5) is 25.0. The molecule has 0 unspecified atom stereocenters. The highest BCUT2D eigenvalue weighted by Crippen LogP contribution is 2.38. The summed E-state index contributed by atoms with van der Waals surface area (Å²) < 4.78 is 15.8. The van der Waals surface area contributed by atoms with Crippen molar-refractivity contribution in [2.75, 3.05) is 32.0 Å². The number of amides is 2. The molecule has 0 spiro atoms. The van der Waals surface area contributed by atoms with E-state index in [-0.39, 0.29) is 10.9 Å². The van der Waals surface area contributed by atoms with E-state index in [9.17, 15) is 9.59 Å². The summed E-state index contributed by atoms with van der Waals surface area (Å²) in [5, 5.41) is 5.80. The predicted octanol–water partition coefficient (Wildman–Crippen LogP) is 4.87. The molecule has 0 aromatic heterocycles. The lowest BCUT2D eigenvalue weighted by atomic mass is 10.1. The van der Waals surface area contributed by atoms with Gasteiger partial charge in [0.15, 0.2) is 11.5 Å². The normalized spacial score (nSPS) is 10.2. The maximum Gasteiger partial charge on any atom is 0.255 e. The van der Waals surface area contributed by atoms with Crippen LogP contribution in [0.3, 0.4) is 0 Å². The minimum atomic E-state index is -0.392. The maximum absolute atomic E-state index is 12.7. The highest BCUT2D eigenvalue weighted by atomic mass is 35.5. The van der Waals surface area contributed by atoms with Gasteiger partial charge in [-0.3, -0.25) is 9.59 Å². The van der Waals surface area contributed by atoms with Crippen LogP contribution in [0.4, 0.5) is 11.4 Å². The molecular weight excluding hydrogens is 420 g/mol. The van der Waals surface area contributed by atoms with Crippen molar-refractivity contribution in [3.8, 4) is 17.2 Å². The quantitative estimate of drug-likeness (QED) is 0.547. The lowest BCUT2D eigenvalue weighted by molar-refractivity contribution is 0.101. The van der Waals surface area contributed by atoms with Gasteiger partial charge < -0.3 is 24.8 Å². The molecular formula is C23H21ClN2O5. The minimum absolute atomic E-state index is 0.281. The van der Waals surface area contributed by atoms with E-state index in [0.29, 0.717) is 39.8 Å². The molecule has 0 fully saturated rings. The number of halogens is 1. The Morgan fingerprint density at radius 3 is 1.90 bits per heavy atom. The molecule has 3 aromatic carbocycles. The Morgan fingerprint density at radius 1 is 0.742 bits per heavy atom. The van der Waals surface area contributed by atoms with Crippen LogP contribution in [0.25, 0.3) is 0 Å². The predicted molar refractivity (Wildman–Crippen MR) is 120 cm³/mol. The third-order valence-electron chi connectivity index (χ3n) is 4.44. The second-order valence-electron chi connectivity index (χ2n) is 6.38. The first-order valence-corrected chi connectivity index (χ1v) is 9.62. The molecule has 0 radical (unpaired) electrons. The average Bonchev–Trinajstić information content (AvgIpc) is 2.80. The molecule has 31 heavy (non-hydrogen) atoms. The fourth-order valence-corrected chi connectivity index (χ4v) is 3.12. The number of carbonyl (C=O) groups excluding carboxylic acids is 2. The van der Waals surface area contributed by atoms with E-state index >= 15 is 0 Å². The monoisotopic (exact) mass is 440 g/mol. The maximum atomic E-state index is 12.7. The van der Waals surface area contributed by atoms with Gasteiger partial charge in [-0.2, -0.15) is 0 Å². The van der Waals surface area contributed by atoms with Crippen LogP contribution in [0.2, 0.25) is 5.02 Å². The molecule has 2 amide bonds. The van der Waals surface area contributed by atoms with E-state index in [0.717, 1.165) is 0 Å². The van der Waals surface area contributed by atoms with Crippen molar-refractivity contribution in [3.05, 3.63) is 76.8 Å². The van der Waals surface area contributed by atoms with Gasteiger partial charge >= 0.3 is 0 Å². The first kappa shape index (κ1) is 22.0. The Labute approximate surface area is 184 Å². The van der Waals surface area contributed by atoms with Gasteiger partial charge in [-0.1, -0.05) is 29.8 Å². The Morgan fingerprint density at radius 2 is 1.35 bits per heavy atom. The molecule has 3 rings (SSSR count). The topological polar surface area (TPSA) is 85.9 Å². The lowest BCUT2D eigenvalue weighted by Crippen LogP contribution is -2.14. The van der Waals surface area contributed by atoms with E-state index in [2.05, 4.69) is 10.6 Å². The van der Waals surface area contributed by atoms with Gasteiger partial charge in [-0.05, 0) is 42.5 Å². The molecule has 3 aromatic rings. The molecule has 160 valence electrons. The minimum Gasteiger partial charge on any atom is -0.493 e. The van der Waals surface area contributed by atoms with Crippen LogP contribution < -0.4 is 24.8 Å². The van der Waals surface area contributed by atoms with Gasteiger partial charge in [0.1, 0.15) is 0 Å². The van der Waals surface area contributed by atoms with Gasteiger partial charge in [0.2, 0.25) is 5.75 Å². The number of anilines is 2. The second kappa shape index (κ2) is 9.86. The molecule has 0 aliphatic heterocycles. The Balaban J connectivity index is 1.77. The van der Waals surface area contributed by atoms with E-state index in [1.54, 1.807) is 54.6 Å². The van der Waals surface area contributed by atoms with Crippen molar-refractivity contribution >= 4 is 34.8 Å². The van der Waals surface area contributed by atoms with Gasteiger partial charge in [0.25, 0.3) is 11.8 Å². The first-order valence-electron chi connectivity index (χ1n) is 9.24. The summed E-state index contributed by atoms with van der Waals surface area (Å²) >= 11 is 6.30. The van der Waals surface area contributed by atoms with E-state index in [1.807, 2.05) is 6.07 Å². The largest absolute Gasteiger partial charge is 0.493 e. The van der Waals surface area contributed by atoms with Gasteiger partial charge in [0, 0.05) is 16.8 Å². The molecule has 0 saturated carbocycles. The SMILES string of the molecule is COc1cc(C(=O)Nc2ccc(NC(=O)c3ccccc3)c(Cl)c2)cc(OC)c1OC. The standard InChI is InChI=1S/C23H21ClN2O5/c1-29-19-11-15(12-20(30-2)21(19)31-3)23(28)25-16-9-10-18(17(24)13-16)26-22(27)14-7-5-4-6-8-14/h4-13H,1-3H3,(H,25,28)(H,26,27). The van der Waals surface area contributed by atoms with E-state index in [1.165, 1.54) is 21.3 Å². The first-order chi connectivity index (χ1) is 15.0. The van der Waals surface area contributed by atoms with Gasteiger partial charge in [0.05, 0.1) is 32.0 Å². The molecule has 0 heterocycles. The number of methoxy groups -OCH3 is 3. The van der Waals surface area contributed by atoms with E-state index < -0.39 is 5.91 Å². The molecule has 0 aliphatic carbocycles. The molecule has 7 nitrogen and oxygen atoms in total. The summed E-state index contributed by atoms with van der Waals surface area (Å²) in [5.74, 6) is 0.448. The van der Waals surface area contributed by atoms with Crippen LogP contribution in [0.15, 0.2) is 60.7 Å². The summed E-state index contributed by atoms with van der Waals surface area (Å²) in [6, 6.07) is 16.7. The van der Waals surface area contributed by atoms with Crippen LogP contribution in [0, 0.1) is 0 Å². The Bertz CT molecular complexity index is 1080. The van der Waals surface area contributed by atoms with E-state index in [4.69, 9.17) is 25.8 Å². The summed E-state index contributed by atoms with van der Waals surface area (Å²) in [7, 11) is 4.43. The molecule has 0 aliphatic rings. The Hall–Kier alpha value is -3.71. The summed E-state index contributed by atoms with van der Waals surface area (Å²) in [6.07, 6.45) is 0. The number of rotatable bonds is 7. The zero-order valence-electron chi connectivity index (χ0n) is 17.2. The van der Waals surface area contributed by atoms with Crippen molar-refractivity contribution in [3.63, 3.8) is 0 Å². The van der Waals surface area contributed by atoms with Crippen LogP contribution in [0.5, 0.6) is 17.2 Å². The van der Waals surface area contributed by atoms with Crippen LogP contribution in [-0.2, 0) is 0 Å². The Kier molecular flexibility index (Phi) is 6.99. The van der Waals surface area contributed by atoms with Crippen LogP contribution in [-0.4, -0.2) is 33.1 Å². The number of hydrogen-bond donors (Lipinski definition) is 2. The number of nitrogens with one attached hydrogen (secondary N) is 2. The van der Waals surface area contributed by atoms with Crippen molar-refractivity contribution in [2.45, 2.75) is 0 Å². The highest BCUT2D eigenvalue weighted by Gasteiger charge is 2.17. The number of carbonyl (C=O) groups is 2. The molecule has 0 bridgehead atoms.